The van der Waals surface area contributed by atoms with Gasteiger partial charge in [0.1, 0.15) is 23.0 Å². The fraction of sp³-hybridized carbons (Fsp3) is 0.269. The van der Waals surface area contributed by atoms with Gasteiger partial charge in [-0.2, -0.15) is 5.10 Å². The molecule has 2 heterocycles. The maximum Gasteiger partial charge on any atom is 0.217 e. The molecule has 0 radical (unpaired) electrons. The van der Waals surface area contributed by atoms with Crippen molar-refractivity contribution in [3.05, 3.63) is 83.4 Å². The van der Waals surface area contributed by atoms with Crippen LogP contribution < -0.4 is 18.9 Å². The molecule has 3 aromatic carbocycles. The lowest BCUT2D eigenvalue weighted by Gasteiger charge is -2.38. The molecule has 32 heavy (non-hydrogen) atoms. The number of hydrogen-bond acceptors (Lipinski definition) is 6. The normalized spacial score (nSPS) is 18.8. The van der Waals surface area contributed by atoms with Crippen molar-refractivity contribution in [2.24, 2.45) is 5.10 Å². The fourth-order valence-corrected chi connectivity index (χ4v) is 4.36. The molecule has 0 spiro atoms. The van der Waals surface area contributed by atoms with Gasteiger partial charge in [0.2, 0.25) is 6.23 Å². The van der Waals surface area contributed by atoms with E-state index in [0.29, 0.717) is 6.61 Å². The van der Waals surface area contributed by atoms with Gasteiger partial charge in [0.15, 0.2) is 0 Å². The Kier molecular flexibility index (Phi) is 5.35. The molecule has 2 aliphatic rings. The number of methoxy groups -OCH3 is 2. The zero-order valence-electron chi connectivity index (χ0n) is 18.4. The topological polar surface area (TPSA) is 52.5 Å². The van der Waals surface area contributed by atoms with Crippen molar-refractivity contribution in [1.29, 1.82) is 0 Å². The number of hydrazone groups is 1. The summed E-state index contributed by atoms with van der Waals surface area (Å²) in [7, 11) is 3.32. The van der Waals surface area contributed by atoms with Crippen LogP contribution in [0, 0.1) is 0 Å². The highest BCUT2D eigenvalue weighted by Crippen LogP contribution is 2.49. The highest BCUT2D eigenvalue weighted by Gasteiger charge is 2.42. The molecule has 0 fully saturated rings. The Morgan fingerprint density at radius 1 is 0.938 bits per heavy atom. The van der Waals surface area contributed by atoms with Crippen LogP contribution in [0.4, 0.5) is 0 Å². The fourth-order valence-electron chi connectivity index (χ4n) is 4.36. The van der Waals surface area contributed by atoms with Crippen LogP contribution >= 0.6 is 0 Å². The molecule has 0 bridgehead atoms. The first kappa shape index (κ1) is 20.2. The molecule has 0 aliphatic carbocycles. The predicted octanol–water partition coefficient (Wildman–Crippen LogP) is 5.34. The predicted molar refractivity (Wildman–Crippen MR) is 123 cm³/mol. The van der Waals surface area contributed by atoms with Crippen molar-refractivity contribution in [1.82, 2.24) is 5.01 Å². The zero-order valence-corrected chi connectivity index (χ0v) is 18.4. The van der Waals surface area contributed by atoms with Crippen LogP contribution in [0.5, 0.6) is 23.0 Å². The van der Waals surface area contributed by atoms with Gasteiger partial charge in [0, 0.05) is 12.0 Å². The van der Waals surface area contributed by atoms with Crippen LogP contribution in [0.25, 0.3) is 0 Å². The molecule has 0 amide bonds. The Labute approximate surface area is 188 Å². The smallest absolute Gasteiger partial charge is 0.217 e. The summed E-state index contributed by atoms with van der Waals surface area (Å²) in [5, 5.41) is 7.08. The summed E-state index contributed by atoms with van der Waals surface area (Å²) < 4.78 is 23.2. The maximum absolute atomic E-state index is 6.47. The van der Waals surface area contributed by atoms with Gasteiger partial charge >= 0.3 is 0 Å². The Morgan fingerprint density at radius 3 is 2.47 bits per heavy atom. The number of benzene rings is 3. The van der Waals surface area contributed by atoms with Gasteiger partial charge in [0.25, 0.3) is 0 Å². The largest absolute Gasteiger partial charge is 0.497 e. The molecule has 6 nitrogen and oxygen atoms in total. The van der Waals surface area contributed by atoms with Gasteiger partial charge < -0.3 is 18.9 Å². The van der Waals surface area contributed by atoms with E-state index in [1.165, 1.54) is 0 Å². The third-order valence-electron chi connectivity index (χ3n) is 5.90. The first-order valence-corrected chi connectivity index (χ1v) is 10.8. The van der Waals surface area contributed by atoms with E-state index in [1.54, 1.807) is 14.2 Å². The van der Waals surface area contributed by atoms with E-state index in [4.69, 9.17) is 24.0 Å². The van der Waals surface area contributed by atoms with Gasteiger partial charge in [-0.1, -0.05) is 18.2 Å². The van der Waals surface area contributed by atoms with Crippen molar-refractivity contribution < 1.29 is 18.9 Å². The van der Waals surface area contributed by atoms with E-state index in [-0.39, 0.29) is 6.04 Å². The van der Waals surface area contributed by atoms with Crippen molar-refractivity contribution in [3.8, 4) is 23.0 Å². The number of nitrogens with zero attached hydrogens (tertiary/aromatic N) is 2. The monoisotopic (exact) mass is 430 g/mol. The molecule has 0 unspecified atom stereocenters. The average molecular weight is 431 g/mol. The molecule has 0 aromatic heterocycles. The molecule has 5 rings (SSSR count). The molecule has 0 saturated carbocycles. The average Bonchev–Trinajstić information content (AvgIpc) is 3.29. The molecular formula is C26H26N2O4. The molecule has 2 atom stereocenters. The van der Waals surface area contributed by atoms with Gasteiger partial charge in [-0.3, -0.25) is 0 Å². The van der Waals surface area contributed by atoms with Crippen LogP contribution in [-0.2, 0) is 0 Å². The summed E-state index contributed by atoms with van der Waals surface area (Å²) in [6.07, 6.45) is 0.358. The second kappa shape index (κ2) is 8.46. The second-order valence-corrected chi connectivity index (χ2v) is 7.72. The molecule has 6 heteroatoms. The Morgan fingerprint density at radius 2 is 1.72 bits per heavy atom. The summed E-state index contributed by atoms with van der Waals surface area (Å²) in [4.78, 5) is 0. The minimum absolute atomic E-state index is 0.0717. The van der Waals surface area contributed by atoms with E-state index >= 15 is 0 Å². The standard InChI is InChI=1S/C26H26N2O4/c1-4-31-18-11-9-17(10-12-18)22-16-23-20-7-5-6-8-25(20)32-26(28(23)27-22)21-15-19(29-2)13-14-24(21)30-3/h5-15,23,26H,4,16H2,1-3H3/t23-,26-/m0/s1. The molecule has 0 N–H and O–H groups in total. The van der Waals surface area contributed by atoms with Crippen molar-refractivity contribution in [2.45, 2.75) is 25.6 Å². The molecule has 2 aliphatic heterocycles. The Bertz CT molecular complexity index is 1140. The van der Waals surface area contributed by atoms with E-state index in [9.17, 15) is 0 Å². The summed E-state index contributed by atoms with van der Waals surface area (Å²) >= 11 is 0. The summed E-state index contributed by atoms with van der Waals surface area (Å²) in [5.74, 6) is 3.21. The first-order chi connectivity index (χ1) is 15.7. The highest BCUT2D eigenvalue weighted by molar-refractivity contribution is 6.02. The summed E-state index contributed by atoms with van der Waals surface area (Å²) in [6, 6.07) is 22.1. The lowest BCUT2D eigenvalue weighted by Crippen LogP contribution is -2.33. The highest BCUT2D eigenvalue weighted by atomic mass is 16.5. The van der Waals surface area contributed by atoms with E-state index < -0.39 is 6.23 Å². The lowest BCUT2D eigenvalue weighted by molar-refractivity contribution is -0.0204. The number of hydrogen-bond donors (Lipinski definition) is 0. The molecular weight excluding hydrogens is 404 g/mol. The van der Waals surface area contributed by atoms with Crippen LogP contribution in [0.2, 0.25) is 0 Å². The van der Waals surface area contributed by atoms with Gasteiger partial charge in [-0.15, -0.1) is 0 Å². The van der Waals surface area contributed by atoms with Crippen molar-refractivity contribution in [2.75, 3.05) is 20.8 Å². The number of fused-ring (bicyclic) bond motifs is 3. The first-order valence-electron chi connectivity index (χ1n) is 10.8. The van der Waals surface area contributed by atoms with Crippen LogP contribution in [0.3, 0.4) is 0 Å². The molecule has 3 aromatic rings. The third kappa shape index (κ3) is 3.51. The van der Waals surface area contributed by atoms with Crippen molar-refractivity contribution >= 4 is 5.71 Å². The van der Waals surface area contributed by atoms with Gasteiger partial charge in [0.05, 0.1) is 38.1 Å². The third-order valence-corrected chi connectivity index (χ3v) is 5.90. The summed E-state index contributed by atoms with van der Waals surface area (Å²) in [6.45, 7) is 2.63. The SMILES string of the molecule is CCOc1ccc(C2=NN3[C@@H](C2)c2ccccc2O[C@H]3c2cc(OC)ccc2OC)cc1. The van der Waals surface area contributed by atoms with E-state index in [0.717, 1.165) is 51.8 Å². The number of ether oxygens (including phenoxy) is 4. The zero-order chi connectivity index (χ0) is 22.1. The minimum Gasteiger partial charge on any atom is -0.497 e. The van der Waals surface area contributed by atoms with Crippen LogP contribution in [-0.4, -0.2) is 31.5 Å². The Hall–Kier alpha value is -3.67. The number of para-hydroxylation sites is 1. The minimum atomic E-state index is -0.430. The molecule has 0 saturated heterocycles. The molecule has 164 valence electrons. The van der Waals surface area contributed by atoms with Crippen LogP contribution in [0.1, 0.15) is 42.3 Å². The summed E-state index contributed by atoms with van der Waals surface area (Å²) in [5.41, 5.74) is 4.11. The van der Waals surface area contributed by atoms with Crippen molar-refractivity contribution in [3.63, 3.8) is 0 Å². The van der Waals surface area contributed by atoms with E-state index in [2.05, 4.69) is 18.2 Å². The Balaban J connectivity index is 1.57. The van der Waals surface area contributed by atoms with Crippen LogP contribution in [0.15, 0.2) is 71.8 Å². The lowest BCUT2D eigenvalue weighted by atomic mass is 9.95. The van der Waals surface area contributed by atoms with Gasteiger partial charge in [-0.25, -0.2) is 5.01 Å². The second-order valence-electron chi connectivity index (χ2n) is 7.72. The quantitative estimate of drug-likeness (QED) is 0.528. The maximum atomic E-state index is 6.47. The van der Waals surface area contributed by atoms with E-state index in [1.807, 2.05) is 60.5 Å². The van der Waals surface area contributed by atoms with Gasteiger partial charge in [-0.05, 0) is 61.0 Å². The number of rotatable bonds is 6.